The van der Waals surface area contributed by atoms with E-state index in [0.29, 0.717) is 19.5 Å². The average molecular weight is 670 g/mol. The highest BCUT2D eigenvalue weighted by Crippen LogP contribution is 2.50. The van der Waals surface area contributed by atoms with Gasteiger partial charge in [-0.05, 0) is 54.1 Å². The van der Waals surface area contributed by atoms with Gasteiger partial charge in [-0.1, -0.05) is 60.4 Å². The van der Waals surface area contributed by atoms with Gasteiger partial charge in [0.05, 0.1) is 42.6 Å². The molecule has 44 heavy (non-hydrogen) atoms. The third kappa shape index (κ3) is 6.58. The van der Waals surface area contributed by atoms with Crippen LogP contribution in [0.25, 0.3) is 38.0 Å². The van der Waals surface area contributed by atoms with Crippen molar-refractivity contribution in [2.45, 2.75) is 37.6 Å². The summed E-state index contributed by atoms with van der Waals surface area (Å²) < 4.78 is 77.1. The molecular formula is C31H29N2O7S4-. The first-order valence-electron chi connectivity index (χ1n) is 14.1. The van der Waals surface area contributed by atoms with Crippen LogP contribution in [0.3, 0.4) is 0 Å². The molecule has 1 aliphatic heterocycles. The van der Waals surface area contributed by atoms with E-state index >= 15 is 0 Å². The van der Waals surface area contributed by atoms with Crippen molar-refractivity contribution in [2.75, 3.05) is 23.0 Å². The largest absolute Gasteiger partial charge is 0.748 e. The zero-order chi connectivity index (χ0) is 31.1. The van der Waals surface area contributed by atoms with E-state index in [9.17, 15) is 25.9 Å². The molecule has 0 radical (unpaired) electrons. The summed E-state index contributed by atoms with van der Waals surface area (Å²) in [5.41, 5.74) is 3.65. The minimum atomic E-state index is -4.35. The van der Waals surface area contributed by atoms with Crippen LogP contribution in [0, 0.1) is 0 Å². The van der Waals surface area contributed by atoms with Gasteiger partial charge in [0.1, 0.15) is 10.3 Å². The first-order valence-corrected chi connectivity index (χ1v) is 18.9. The van der Waals surface area contributed by atoms with Crippen molar-refractivity contribution in [3.63, 3.8) is 0 Å². The van der Waals surface area contributed by atoms with Gasteiger partial charge in [-0.25, -0.2) is 16.8 Å². The van der Waals surface area contributed by atoms with Crippen LogP contribution in [-0.4, -0.2) is 44.0 Å². The van der Waals surface area contributed by atoms with Gasteiger partial charge in [-0.3, -0.25) is 0 Å². The van der Waals surface area contributed by atoms with E-state index in [1.807, 2.05) is 42.5 Å². The Bertz CT molecular complexity index is 2160. The molecule has 9 nitrogen and oxygen atoms in total. The molecule has 0 fully saturated rings. The fourth-order valence-corrected chi connectivity index (χ4v) is 8.87. The maximum Gasteiger partial charge on any atom is 0.263 e. The molecule has 0 amide bonds. The van der Waals surface area contributed by atoms with E-state index < -0.39 is 31.7 Å². The Kier molecular flexibility index (Phi) is 8.61. The number of benzene rings is 3. The second kappa shape index (κ2) is 12.3. The molecule has 2 aromatic heterocycles. The van der Waals surface area contributed by atoms with Crippen LogP contribution in [0.2, 0.25) is 0 Å². The van der Waals surface area contributed by atoms with E-state index in [-0.39, 0.29) is 12.8 Å². The number of fused-ring (bicyclic) bond motifs is 6. The van der Waals surface area contributed by atoms with Gasteiger partial charge in [0.2, 0.25) is 5.52 Å². The molecule has 0 unspecified atom stereocenters. The summed E-state index contributed by atoms with van der Waals surface area (Å²) in [5, 5.41) is 4.86. The van der Waals surface area contributed by atoms with E-state index in [0.717, 1.165) is 58.2 Å². The number of anilines is 1. The van der Waals surface area contributed by atoms with Gasteiger partial charge in [0, 0.05) is 40.8 Å². The lowest BCUT2D eigenvalue weighted by atomic mass is 10.1. The number of aromatic nitrogens is 1. The van der Waals surface area contributed by atoms with E-state index in [4.69, 9.17) is 4.42 Å². The number of furan rings is 1. The Morgan fingerprint density at radius 3 is 2.50 bits per heavy atom. The van der Waals surface area contributed by atoms with Gasteiger partial charge >= 0.3 is 0 Å². The predicted molar refractivity (Wildman–Crippen MR) is 174 cm³/mol. The zero-order valence-corrected chi connectivity index (χ0v) is 27.0. The molecule has 3 aromatic carbocycles. The van der Waals surface area contributed by atoms with Crippen molar-refractivity contribution in [3.8, 4) is 0 Å². The number of nitrogens with zero attached hydrogens (tertiary/aromatic N) is 2. The minimum Gasteiger partial charge on any atom is -0.748 e. The summed E-state index contributed by atoms with van der Waals surface area (Å²) in [4.78, 5) is 3.15. The smallest absolute Gasteiger partial charge is 0.263 e. The highest BCUT2D eigenvalue weighted by Gasteiger charge is 2.28. The highest BCUT2D eigenvalue weighted by molar-refractivity contribution is 8.03. The maximum absolute atomic E-state index is 11.4. The summed E-state index contributed by atoms with van der Waals surface area (Å²) in [6, 6.07) is 17.9. The van der Waals surface area contributed by atoms with Crippen LogP contribution in [0.5, 0.6) is 0 Å². The first-order chi connectivity index (χ1) is 21.0. The summed E-state index contributed by atoms with van der Waals surface area (Å²) in [6.45, 7) is 2.76. The zero-order valence-electron chi connectivity index (χ0n) is 23.8. The number of thioether (sulfide) groups is 1. The maximum atomic E-state index is 11.4. The van der Waals surface area contributed by atoms with E-state index in [1.54, 1.807) is 29.4 Å². The topological polar surface area (TPSA) is 135 Å². The van der Waals surface area contributed by atoms with Crippen LogP contribution >= 0.6 is 23.1 Å². The molecule has 0 aliphatic carbocycles. The van der Waals surface area contributed by atoms with Crippen molar-refractivity contribution in [1.29, 1.82) is 0 Å². The fourth-order valence-electron chi connectivity index (χ4n) is 5.54. The van der Waals surface area contributed by atoms with Crippen LogP contribution < -0.4 is 9.47 Å². The molecule has 3 heterocycles. The van der Waals surface area contributed by atoms with Gasteiger partial charge in [-0.15, -0.1) is 0 Å². The molecule has 1 aliphatic rings. The Morgan fingerprint density at radius 2 is 1.73 bits per heavy atom. The van der Waals surface area contributed by atoms with Gasteiger partial charge in [0.15, 0.2) is 6.54 Å². The predicted octanol–water partition coefficient (Wildman–Crippen LogP) is 6.21. The van der Waals surface area contributed by atoms with Crippen molar-refractivity contribution in [3.05, 3.63) is 82.5 Å². The number of hydrogen-bond donors (Lipinski definition) is 0. The normalized spacial score (nSPS) is 15.3. The Balaban J connectivity index is 1.43. The molecule has 0 N–H and O–H groups in total. The SMILES string of the molecule is CCC(/C=C1\Sc2ccc3ccccc3c2N1CCCS(=O)(=O)[O-])=C\c1sc2ccc3occc3c2[n+]1CCCS(=O)(=O)[O-]. The third-order valence-electron chi connectivity index (χ3n) is 7.51. The molecule has 0 saturated carbocycles. The van der Waals surface area contributed by atoms with Gasteiger partial charge < -0.3 is 18.4 Å². The monoisotopic (exact) mass is 669 g/mol. The van der Waals surface area contributed by atoms with Crippen molar-refractivity contribution in [2.24, 2.45) is 0 Å². The quantitative estimate of drug-likeness (QED) is 0.119. The molecule has 230 valence electrons. The van der Waals surface area contributed by atoms with Crippen molar-refractivity contribution >= 4 is 87.1 Å². The summed E-state index contributed by atoms with van der Waals surface area (Å²) >= 11 is 3.18. The van der Waals surface area contributed by atoms with E-state index in [2.05, 4.69) is 40.7 Å². The van der Waals surface area contributed by atoms with Crippen LogP contribution in [0.15, 0.2) is 86.9 Å². The van der Waals surface area contributed by atoms with Crippen LogP contribution in [0.4, 0.5) is 5.69 Å². The number of thiazole rings is 1. The molecule has 0 spiro atoms. The van der Waals surface area contributed by atoms with E-state index in [1.165, 1.54) is 0 Å². The summed E-state index contributed by atoms with van der Waals surface area (Å²) in [7, 11) is -8.70. The summed E-state index contributed by atoms with van der Waals surface area (Å²) in [6.07, 6.45) is 6.85. The van der Waals surface area contributed by atoms with Crippen LogP contribution in [-0.2, 0) is 26.8 Å². The lowest BCUT2D eigenvalue weighted by Gasteiger charge is -2.22. The standard InChI is InChI=1S/C31H30N2O7S4/c1-2-21(20-29-33(15-6-18-44(37,38)39)31-24-13-16-40-25(24)10-12-27(31)42-29)19-28-32(14-5-17-43(34,35)36)30-23-8-4-3-7-22(23)9-11-26(30)41-28/h3-4,7-13,16,19-20H,2,5-6,14-15,17-18H2,1H3,(H-,34,35,36,37,38,39)/p-1. The molecule has 0 saturated heterocycles. The third-order valence-corrected chi connectivity index (χ3v) is 11.3. The molecule has 6 rings (SSSR count). The second-order valence-corrected chi connectivity index (χ2v) is 15.7. The molecular weight excluding hydrogens is 641 g/mol. The Morgan fingerprint density at radius 1 is 0.955 bits per heavy atom. The Hall–Kier alpha value is -3.20. The number of allylic oxidation sites excluding steroid dienone is 2. The average Bonchev–Trinajstić information content (AvgIpc) is 3.67. The lowest BCUT2D eigenvalue weighted by Crippen LogP contribution is -2.36. The molecule has 0 bridgehead atoms. The fraction of sp³-hybridized carbons (Fsp3) is 0.258. The first kappa shape index (κ1) is 30.8. The Labute approximate surface area is 264 Å². The summed E-state index contributed by atoms with van der Waals surface area (Å²) in [5.74, 6) is -0.898. The van der Waals surface area contributed by atoms with Crippen molar-refractivity contribution < 1.29 is 34.9 Å². The van der Waals surface area contributed by atoms with Crippen LogP contribution in [0.1, 0.15) is 31.2 Å². The second-order valence-electron chi connectivity index (χ2n) is 10.5. The number of rotatable bonds is 11. The van der Waals surface area contributed by atoms with Crippen molar-refractivity contribution in [1.82, 2.24) is 0 Å². The van der Waals surface area contributed by atoms with Gasteiger partial charge in [0.25, 0.3) is 5.01 Å². The number of aryl methyl sites for hydroxylation is 1. The highest BCUT2D eigenvalue weighted by atomic mass is 32.2. The minimum absolute atomic E-state index is 0.175. The molecule has 0 atom stereocenters. The van der Waals surface area contributed by atoms with Gasteiger partial charge in [-0.2, -0.15) is 4.57 Å². The lowest BCUT2D eigenvalue weighted by molar-refractivity contribution is -0.667. The number of hydrogen-bond acceptors (Lipinski definition) is 10. The molecule has 13 heteroatoms. The molecule has 5 aromatic rings.